The number of carbonyl (C=O) groups is 2. The molecular formula is C23H30N2O6S. The van der Waals surface area contributed by atoms with Gasteiger partial charge in [-0.15, -0.1) is 6.58 Å². The number of carbonyl (C=O) groups excluding carboxylic acids is 2. The van der Waals surface area contributed by atoms with Crippen LogP contribution in [0.15, 0.2) is 41.8 Å². The molecule has 0 fully saturated rings. The highest BCUT2D eigenvalue weighted by Crippen LogP contribution is 2.25. The number of ether oxygens (including phenoxy) is 2. The van der Waals surface area contributed by atoms with Gasteiger partial charge in [0, 0.05) is 24.3 Å². The zero-order chi connectivity index (χ0) is 24.1. The van der Waals surface area contributed by atoms with Crippen LogP contribution >= 0.6 is 0 Å². The molecule has 1 heterocycles. The van der Waals surface area contributed by atoms with Gasteiger partial charge in [0.05, 0.1) is 25.2 Å². The van der Waals surface area contributed by atoms with E-state index >= 15 is 0 Å². The van der Waals surface area contributed by atoms with E-state index in [0.29, 0.717) is 34.8 Å². The molecule has 0 atom stereocenters. The van der Waals surface area contributed by atoms with E-state index in [1.807, 2.05) is 6.92 Å². The molecule has 0 N–H and O–H groups in total. The van der Waals surface area contributed by atoms with Gasteiger partial charge in [-0.1, -0.05) is 6.08 Å². The topological polar surface area (TPSA) is 94.9 Å². The van der Waals surface area contributed by atoms with Crippen molar-refractivity contribution in [2.24, 2.45) is 0 Å². The normalized spacial score (nSPS) is 11.4. The highest BCUT2D eigenvalue weighted by atomic mass is 32.2. The van der Waals surface area contributed by atoms with Crippen LogP contribution in [-0.4, -0.2) is 55.8 Å². The average Bonchev–Trinajstić information content (AvgIpc) is 3.02. The Morgan fingerprint density at radius 1 is 1.16 bits per heavy atom. The summed E-state index contributed by atoms with van der Waals surface area (Å²) in [5.41, 5.74) is 1.71. The number of esters is 1. The second-order valence-corrected chi connectivity index (χ2v) is 9.02. The fraction of sp³-hybridized carbons (Fsp3) is 0.391. The molecule has 0 saturated carbocycles. The lowest BCUT2D eigenvalue weighted by atomic mass is 10.1. The van der Waals surface area contributed by atoms with Crippen LogP contribution in [0.5, 0.6) is 5.75 Å². The van der Waals surface area contributed by atoms with E-state index in [-0.39, 0.29) is 18.0 Å². The van der Waals surface area contributed by atoms with Crippen LogP contribution < -0.4 is 4.74 Å². The van der Waals surface area contributed by atoms with Gasteiger partial charge in [-0.2, -0.15) is 4.31 Å². The monoisotopic (exact) mass is 462 g/mol. The largest absolute Gasteiger partial charge is 0.497 e. The number of hydrogen-bond acceptors (Lipinski definition) is 6. The Morgan fingerprint density at radius 3 is 2.28 bits per heavy atom. The maximum atomic E-state index is 13.3. The summed E-state index contributed by atoms with van der Waals surface area (Å²) in [6.45, 7) is 10.9. The lowest BCUT2D eigenvalue weighted by Crippen LogP contribution is -2.36. The first kappa shape index (κ1) is 25.4. The molecule has 1 aromatic heterocycles. The second kappa shape index (κ2) is 10.6. The number of Topliss-reactive ketones (excluding diaryl/α,β-unsaturated/α-hetero) is 1. The molecule has 0 unspecified atom stereocenters. The fourth-order valence-corrected chi connectivity index (χ4v) is 5.06. The van der Waals surface area contributed by atoms with Crippen LogP contribution in [0, 0.1) is 13.8 Å². The van der Waals surface area contributed by atoms with Crippen molar-refractivity contribution < 1.29 is 27.5 Å². The smallest absolute Gasteiger partial charge is 0.355 e. The molecule has 0 aliphatic rings. The van der Waals surface area contributed by atoms with Crippen LogP contribution in [0.4, 0.5) is 0 Å². The van der Waals surface area contributed by atoms with Gasteiger partial charge in [-0.25, -0.2) is 13.2 Å². The number of nitrogens with zero attached hydrogens (tertiary/aromatic N) is 2. The summed E-state index contributed by atoms with van der Waals surface area (Å²) in [6.07, 6.45) is 1.43. The number of benzene rings is 1. The Balaban J connectivity index is 2.45. The van der Waals surface area contributed by atoms with E-state index in [2.05, 4.69) is 6.58 Å². The highest BCUT2D eigenvalue weighted by molar-refractivity contribution is 7.89. The predicted octanol–water partition coefficient (Wildman–Crippen LogP) is 3.37. The molecule has 32 heavy (non-hydrogen) atoms. The van der Waals surface area contributed by atoms with Crippen molar-refractivity contribution in [1.82, 2.24) is 8.87 Å². The third-order valence-electron chi connectivity index (χ3n) is 5.18. The van der Waals surface area contributed by atoms with Crippen molar-refractivity contribution >= 4 is 21.8 Å². The molecule has 9 heteroatoms. The number of aromatic nitrogens is 1. The third kappa shape index (κ3) is 4.94. The molecule has 0 spiro atoms. The number of rotatable bonds is 11. The fourth-order valence-electron chi connectivity index (χ4n) is 3.69. The highest BCUT2D eigenvalue weighted by Gasteiger charge is 2.31. The van der Waals surface area contributed by atoms with Crippen molar-refractivity contribution in [3.63, 3.8) is 0 Å². The van der Waals surface area contributed by atoms with Crippen LogP contribution in [0.1, 0.15) is 46.0 Å². The summed E-state index contributed by atoms with van der Waals surface area (Å²) >= 11 is 0. The van der Waals surface area contributed by atoms with E-state index < -0.39 is 28.3 Å². The van der Waals surface area contributed by atoms with Crippen LogP contribution in [0.25, 0.3) is 0 Å². The predicted molar refractivity (Wildman–Crippen MR) is 122 cm³/mol. The number of methoxy groups -OCH3 is 1. The van der Waals surface area contributed by atoms with Gasteiger partial charge in [0.15, 0.2) is 5.78 Å². The molecule has 1 aromatic carbocycles. The van der Waals surface area contributed by atoms with Gasteiger partial charge in [-0.3, -0.25) is 4.79 Å². The Morgan fingerprint density at radius 2 is 1.78 bits per heavy atom. The summed E-state index contributed by atoms with van der Waals surface area (Å²) in [5.74, 6) is -0.395. The number of sulfonamides is 1. The molecule has 0 radical (unpaired) electrons. The summed E-state index contributed by atoms with van der Waals surface area (Å²) < 4.78 is 39.4. The molecular weight excluding hydrogens is 432 g/mol. The van der Waals surface area contributed by atoms with E-state index in [9.17, 15) is 18.0 Å². The average molecular weight is 463 g/mol. The Hall–Kier alpha value is -2.91. The van der Waals surface area contributed by atoms with E-state index in [0.717, 1.165) is 4.31 Å². The van der Waals surface area contributed by atoms with E-state index in [1.165, 1.54) is 25.3 Å². The maximum absolute atomic E-state index is 13.3. The summed E-state index contributed by atoms with van der Waals surface area (Å²) in [5, 5.41) is 0. The summed E-state index contributed by atoms with van der Waals surface area (Å²) in [6, 6.07) is 5.94. The van der Waals surface area contributed by atoms with Crippen molar-refractivity contribution in [3.8, 4) is 5.75 Å². The second-order valence-electron chi connectivity index (χ2n) is 7.08. The molecule has 0 amide bonds. The lowest BCUT2D eigenvalue weighted by Gasteiger charge is -2.20. The van der Waals surface area contributed by atoms with E-state index in [4.69, 9.17) is 9.47 Å². The van der Waals surface area contributed by atoms with Gasteiger partial charge in [0.1, 0.15) is 11.4 Å². The van der Waals surface area contributed by atoms with Crippen molar-refractivity contribution in [2.75, 3.05) is 26.8 Å². The minimum Gasteiger partial charge on any atom is -0.497 e. The molecule has 0 aliphatic heterocycles. The third-order valence-corrected chi connectivity index (χ3v) is 7.01. The lowest BCUT2D eigenvalue weighted by molar-refractivity contribution is 0.0512. The molecule has 2 aromatic rings. The van der Waals surface area contributed by atoms with E-state index in [1.54, 1.807) is 37.5 Å². The first-order valence-electron chi connectivity index (χ1n) is 10.3. The maximum Gasteiger partial charge on any atom is 0.355 e. The van der Waals surface area contributed by atoms with Gasteiger partial charge in [0.25, 0.3) is 0 Å². The number of ketones is 1. The Kier molecular flexibility index (Phi) is 8.40. The van der Waals surface area contributed by atoms with Crippen molar-refractivity contribution in [2.45, 2.75) is 39.1 Å². The quantitative estimate of drug-likeness (QED) is 0.289. The molecule has 0 saturated heterocycles. The molecule has 0 aliphatic carbocycles. The van der Waals surface area contributed by atoms with Crippen molar-refractivity contribution in [3.05, 3.63) is 59.4 Å². The molecule has 2 rings (SSSR count). The molecule has 174 valence electrons. The minimum atomic E-state index is -3.96. The first-order chi connectivity index (χ1) is 15.1. The first-order valence-corrected chi connectivity index (χ1v) is 11.7. The Bertz CT molecular complexity index is 1100. The van der Waals surface area contributed by atoms with Crippen LogP contribution in [-0.2, 0) is 21.3 Å². The molecule has 0 bridgehead atoms. The van der Waals surface area contributed by atoms with Gasteiger partial charge in [0.2, 0.25) is 10.0 Å². The van der Waals surface area contributed by atoms with Gasteiger partial charge < -0.3 is 14.0 Å². The Labute approximate surface area is 189 Å². The zero-order valence-corrected chi connectivity index (χ0v) is 20.0. The molecule has 8 nitrogen and oxygen atoms in total. The summed E-state index contributed by atoms with van der Waals surface area (Å²) in [7, 11) is -2.47. The summed E-state index contributed by atoms with van der Waals surface area (Å²) in [4.78, 5) is 25.8. The zero-order valence-electron chi connectivity index (χ0n) is 19.2. The van der Waals surface area contributed by atoms with Crippen molar-refractivity contribution in [1.29, 1.82) is 0 Å². The minimum absolute atomic E-state index is 0.0414. The van der Waals surface area contributed by atoms with Crippen LogP contribution in [0.2, 0.25) is 0 Å². The van der Waals surface area contributed by atoms with Gasteiger partial charge >= 0.3 is 5.97 Å². The van der Waals surface area contributed by atoms with Crippen LogP contribution in [0.3, 0.4) is 0 Å². The standard InChI is InChI=1S/C23H30N2O6S/c1-7-14-24(32(28,29)19-12-10-18(30-6)11-13-19)15-20(26)21-16(4)22(23(27)31-9-3)25(8-2)17(21)5/h7,10-13H,1,8-9,14-15H2,2-6H3. The van der Waals surface area contributed by atoms with Gasteiger partial charge in [-0.05, 0) is 57.5 Å². The number of hydrogen-bond donors (Lipinski definition) is 0. The SMILES string of the molecule is C=CCN(CC(=O)c1c(C)c(C(=O)OCC)n(CC)c1C)S(=O)(=O)c1ccc(OC)cc1.